The molecule has 6 nitrogen and oxygen atoms in total. The molecular weight excluding hydrogens is 340 g/mol. The summed E-state index contributed by atoms with van der Waals surface area (Å²) in [6.07, 6.45) is 4.57. The fraction of sp³-hybridized carbons (Fsp3) is 0.429. The molecule has 0 unspecified atom stereocenters. The second-order valence-corrected chi connectivity index (χ2v) is 6.84. The number of nitrogens with one attached hydrogen (secondary N) is 1. The van der Waals surface area contributed by atoms with Gasteiger partial charge in [-0.15, -0.1) is 0 Å². The van der Waals surface area contributed by atoms with Gasteiger partial charge in [-0.2, -0.15) is 15.8 Å². The van der Waals surface area contributed by atoms with E-state index in [-0.39, 0.29) is 11.6 Å². The largest absolute Gasteiger partial charge is 0.493 e. The molecule has 6 heteroatoms. The summed E-state index contributed by atoms with van der Waals surface area (Å²) < 4.78 is 10.7. The van der Waals surface area contributed by atoms with E-state index in [0.717, 1.165) is 30.4 Å². The van der Waals surface area contributed by atoms with Crippen molar-refractivity contribution in [2.45, 2.75) is 25.2 Å². The van der Waals surface area contributed by atoms with Crippen LogP contribution in [0.3, 0.4) is 0 Å². The summed E-state index contributed by atoms with van der Waals surface area (Å²) in [5, 5.41) is 38.2. The zero-order valence-electron chi connectivity index (χ0n) is 15.3. The lowest BCUT2D eigenvalue weighted by Crippen LogP contribution is -2.48. The molecule has 1 N–H and O–H groups in total. The minimum Gasteiger partial charge on any atom is -0.493 e. The molecule has 0 heterocycles. The van der Waals surface area contributed by atoms with Crippen molar-refractivity contribution in [3.63, 3.8) is 0 Å². The Morgan fingerprint density at radius 1 is 1.11 bits per heavy atom. The molecule has 0 bridgehead atoms. The first-order chi connectivity index (χ1) is 13.1. The van der Waals surface area contributed by atoms with E-state index in [4.69, 9.17) is 14.9 Å². The maximum atomic E-state index is 9.98. The normalized spacial score (nSPS) is 25.8. The minimum absolute atomic E-state index is 0.126. The number of nitrogens with zero attached hydrogens (tertiary/aromatic N) is 3. The number of methoxy groups -OCH3 is 2. The highest BCUT2D eigenvalue weighted by atomic mass is 16.5. The molecule has 0 amide bonds. The van der Waals surface area contributed by atoms with Crippen molar-refractivity contribution in [1.29, 1.82) is 21.2 Å². The zero-order chi connectivity index (χ0) is 19.6. The predicted molar refractivity (Wildman–Crippen MR) is 98.2 cm³/mol. The molecule has 2 aliphatic rings. The van der Waals surface area contributed by atoms with Crippen LogP contribution in [-0.4, -0.2) is 19.9 Å². The number of allylic oxidation sites excluding steroid dienone is 2. The Morgan fingerprint density at radius 2 is 1.81 bits per heavy atom. The first-order valence-electron chi connectivity index (χ1n) is 8.80. The van der Waals surface area contributed by atoms with Gasteiger partial charge in [-0.05, 0) is 48.4 Å². The van der Waals surface area contributed by atoms with Gasteiger partial charge in [0.25, 0.3) is 0 Å². The summed E-state index contributed by atoms with van der Waals surface area (Å²) in [5.74, 6) is -0.409. The van der Waals surface area contributed by atoms with Crippen molar-refractivity contribution in [1.82, 2.24) is 0 Å². The fourth-order valence-corrected chi connectivity index (χ4v) is 4.43. The third kappa shape index (κ3) is 2.64. The smallest absolute Gasteiger partial charge is 0.189 e. The Labute approximate surface area is 158 Å². The van der Waals surface area contributed by atoms with E-state index in [0.29, 0.717) is 11.5 Å². The Hall–Kier alpha value is -3.30. The van der Waals surface area contributed by atoms with E-state index in [2.05, 4.69) is 18.2 Å². The third-order valence-electron chi connectivity index (χ3n) is 5.69. The molecule has 1 aromatic rings. The molecular formula is C21H20N4O2. The number of rotatable bonds is 3. The number of hydrogen-bond donors (Lipinski definition) is 1. The maximum Gasteiger partial charge on any atom is 0.189 e. The lowest BCUT2D eigenvalue weighted by atomic mass is 9.53. The van der Waals surface area contributed by atoms with Gasteiger partial charge in [0.2, 0.25) is 0 Å². The van der Waals surface area contributed by atoms with Crippen LogP contribution in [-0.2, 0) is 0 Å². The Morgan fingerprint density at radius 3 is 2.41 bits per heavy atom. The van der Waals surface area contributed by atoms with E-state index in [9.17, 15) is 15.8 Å². The summed E-state index contributed by atoms with van der Waals surface area (Å²) in [5.41, 5.74) is -0.192. The van der Waals surface area contributed by atoms with Crippen LogP contribution in [0, 0.1) is 56.7 Å². The van der Waals surface area contributed by atoms with E-state index >= 15 is 0 Å². The second kappa shape index (κ2) is 7.14. The topological polar surface area (TPSA) is 114 Å². The first-order valence-corrected chi connectivity index (χ1v) is 8.80. The summed E-state index contributed by atoms with van der Waals surface area (Å²) in [6, 6.07) is 11.7. The van der Waals surface area contributed by atoms with Crippen molar-refractivity contribution in [2.24, 2.45) is 17.3 Å². The van der Waals surface area contributed by atoms with Crippen molar-refractivity contribution >= 4 is 5.71 Å². The Balaban J connectivity index is 2.25. The van der Waals surface area contributed by atoms with Crippen LogP contribution in [0.1, 0.15) is 30.7 Å². The number of hydrogen-bond acceptors (Lipinski definition) is 6. The van der Waals surface area contributed by atoms with Crippen molar-refractivity contribution in [2.75, 3.05) is 14.2 Å². The van der Waals surface area contributed by atoms with Gasteiger partial charge in [-0.25, -0.2) is 0 Å². The van der Waals surface area contributed by atoms with E-state index in [1.807, 2.05) is 12.1 Å². The van der Waals surface area contributed by atoms with Gasteiger partial charge in [0.1, 0.15) is 5.92 Å². The number of ether oxygens (including phenoxy) is 2. The monoisotopic (exact) mass is 360 g/mol. The molecule has 1 saturated carbocycles. The molecule has 0 aliphatic heterocycles. The van der Waals surface area contributed by atoms with Gasteiger partial charge in [0.15, 0.2) is 16.9 Å². The fourth-order valence-electron chi connectivity index (χ4n) is 4.43. The molecule has 27 heavy (non-hydrogen) atoms. The summed E-state index contributed by atoms with van der Waals surface area (Å²) >= 11 is 0. The summed E-state index contributed by atoms with van der Waals surface area (Å²) in [4.78, 5) is 0. The lowest BCUT2D eigenvalue weighted by molar-refractivity contribution is 0.316. The van der Waals surface area contributed by atoms with Gasteiger partial charge in [0.05, 0.1) is 38.1 Å². The van der Waals surface area contributed by atoms with Crippen LogP contribution < -0.4 is 9.47 Å². The van der Waals surface area contributed by atoms with Gasteiger partial charge in [-0.1, -0.05) is 12.1 Å². The van der Waals surface area contributed by atoms with Crippen LogP contribution in [0.15, 0.2) is 29.8 Å². The highest BCUT2D eigenvalue weighted by molar-refractivity contribution is 6.00. The van der Waals surface area contributed by atoms with Crippen LogP contribution in [0.5, 0.6) is 11.5 Å². The van der Waals surface area contributed by atoms with Crippen LogP contribution in [0.25, 0.3) is 0 Å². The molecule has 3 atom stereocenters. The Bertz CT molecular complexity index is 915. The van der Waals surface area contributed by atoms with Crippen LogP contribution in [0.2, 0.25) is 0 Å². The van der Waals surface area contributed by atoms with Crippen molar-refractivity contribution < 1.29 is 9.47 Å². The zero-order valence-corrected chi connectivity index (χ0v) is 15.3. The van der Waals surface area contributed by atoms with E-state index in [1.165, 1.54) is 7.11 Å². The number of benzene rings is 1. The molecule has 3 rings (SSSR count). The van der Waals surface area contributed by atoms with Crippen LogP contribution in [0.4, 0.5) is 0 Å². The first kappa shape index (κ1) is 18.5. The second-order valence-electron chi connectivity index (χ2n) is 6.84. The standard InChI is InChI=1S/C21H20N4O2/c1-26-17-8-7-13(9-18(17)27-2)19-15-6-4-3-5-14(15)16(10-22)20(25)21(19,11-23)12-24/h5,7-9,15-16,19,25H,3-4,6H2,1-2H3/t15-,16-,19+/m1/s1. The van der Waals surface area contributed by atoms with E-state index in [1.54, 1.807) is 19.2 Å². The molecule has 0 spiro atoms. The van der Waals surface area contributed by atoms with E-state index < -0.39 is 17.3 Å². The minimum atomic E-state index is -1.68. The number of fused-ring (bicyclic) bond motifs is 1. The van der Waals surface area contributed by atoms with Crippen molar-refractivity contribution in [3.8, 4) is 29.7 Å². The van der Waals surface area contributed by atoms with Gasteiger partial charge in [-0.3, -0.25) is 0 Å². The molecule has 1 aromatic carbocycles. The molecule has 136 valence electrons. The van der Waals surface area contributed by atoms with Gasteiger partial charge in [0, 0.05) is 5.92 Å². The lowest BCUT2D eigenvalue weighted by Gasteiger charge is -2.45. The molecule has 0 saturated heterocycles. The average molecular weight is 360 g/mol. The molecule has 0 aromatic heterocycles. The molecule has 1 fully saturated rings. The highest BCUT2D eigenvalue weighted by Crippen LogP contribution is 2.55. The van der Waals surface area contributed by atoms with Crippen molar-refractivity contribution in [3.05, 3.63) is 35.4 Å². The Kier molecular flexibility index (Phi) is 4.89. The maximum absolute atomic E-state index is 9.98. The summed E-state index contributed by atoms with van der Waals surface area (Å²) in [6.45, 7) is 0. The predicted octanol–water partition coefficient (Wildman–Crippen LogP) is 3.72. The average Bonchev–Trinajstić information content (AvgIpc) is 2.72. The highest BCUT2D eigenvalue weighted by Gasteiger charge is 2.57. The van der Waals surface area contributed by atoms with Crippen LogP contribution >= 0.6 is 0 Å². The molecule has 0 radical (unpaired) electrons. The van der Waals surface area contributed by atoms with Gasteiger partial charge < -0.3 is 14.9 Å². The SMILES string of the molecule is COc1ccc([C@H]2[C@@H]3CCCC=C3[C@@H](C#N)C(=N)C2(C#N)C#N)cc1OC. The molecule has 2 aliphatic carbocycles. The third-order valence-corrected chi connectivity index (χ3v) is 5.69. The summed E-state index contributed by atoms with van der Waals surface area (Å²) in [7, 11) is 3.08. The number of nitriles is 3. The quantitative estimate of drug-likeness (QED) is 0.825. The van der Waals surface area contributed by atoms with Gasteiger partial charge >= 0.3 is 0 Å².